The second-order valence-corrected chi connectivity index (χ2v) is 8.07. The minimum atomic E-state index is -0.349. The Hall–Kier alpha value is -2.99. The first-order valence-corrected chi connectivity index (χ1v) is 10.9. The van der Waals surface area contributed by atoms with Gasteiger partial charge < -0.3 is 9.15 Å². The number of benzene rings is 1. The first kappa shape index (κ1) is 21.2. The summed E-state index contributed by atoms with van der Waals surface area (Å²) in [7, 11) is 1.38. The Bertz CT molecular complexity index is 999. The molecule has 2 aromatic heterocycles. The Kier molecular flexibility index (Phi) is 6.77. The van der Waals surface area contributed by atoms with Crippen molar-refractivity contribution in [3.8, 4) is 11.5 Å². The molecule has 3 aromatic rings. The van der Waals surface area contributed by atoms with Crippen molar-refractivity contribution in [2.75, 3.05) is 13.7 Å². The average Bonchev–Trinajstić information content (AvgIpc) is 3.19. The van der Waals surface area contributed by atoms with E-state index in [4.69, 9.17) is 14.1 Å². The first-order valence-electron chi connectivity index (χ1n) is 10.9. The third kappa shape index (κ3) is 5.20. The molecule has 1 aliphatic heterocycles. The fourth-order valence-corrected chi connectivity index (χ4v) is 4.21. The van der Waals surface area contributed by atoms with Crippen LogP contribution in [0.4, 0.5) is 0 Å². The third-order valence-electron chi connectivity index (χ3n) is 6.01. The summed E-state index contributed by atoms with van der Waals surface area (Å²) in [6.07, 6.45) is 7.68. The number of aromatic nitrogens is 2. The predicted octanol–water partition coefficient (Wildman–Crippen LogP) is 4.82. The largest absolute Gasteiger partial charge is 0.465 e. The molecule has 6 heteroatoms. The lowest BCUT2D eigenvalue weighted by Crippen LogP contribution is -2.39. The lowest BCUT2D eigenvalue weighted by atomic mass is 9.96. The molecule has 0 bridgehead atoms. The van der Waals surface area contributed by atoms with Crippen molar-refractivity contribution in [1.29, 1.82) is 0 Å². The van der Waals surface area contributed by atoms with Gasteiger partial charge in [0, 0.05) is 30.0 Å². The summed E-state index contributed by atoms with van der Waals surface area (Å²) in [6, 6.07) is 13.8. The van der Waals surface area contributed by atoms with Gasteiger partial charge in [-0.1, -0.05) is 12.5 Å². The number of ether oxygens (including phenoxy) is 1. The van der Waals surface area contributed by atoms with E-state index in [9.17, 15) is 4.79 Å². The highest BCUT2D eigenvalue weighted by molar-refractivity contribution is 5.89. The monoisotopic (exact) mass is 419 g/mol. The number of likely N-dealkylation sites (tertiary alicyclic amines) is 1. The quantitative estimate of drug-likeness (QED) is 0.512. The van der Waals surface area contributed by atoms with Crippen LogP contribution in [0.5, 0.6) is 0 Å². The molecule has 1 aromatic carbocycles. The van der Waals surface area contributed by atoms with E-state index in [2.05, 4.69) is 22.0 Å². The number of pyridine rings is 1. The second kappa shape index (κ2) is 9.88. The fourth-order valence-electron chi connectivity index (χ4n) is 4.21. The highest BCUT2D eigenvalue weighted by Gasteiger charge is 2.24. The second-order valence-electron chi connectivity index (χ2n) is 8.07. The van der Waals surface area contributed by atoms with Crippen molar-refractivity contribution in [3.05, 3.63) is 71.4 Å². The van der Waals surface area contributed by atoms with Gasteiger partial charge in [0.25, 0.3) is 0 Å². The van der Waals surface area contributed by atoms with E-state index in [1.54, 1.807) is 12.1 Å². The molecule has 31 heavy (non-hydrogen) atoms. The molecule has 0 N–H and O–H groups in total. The van der Waals surface area contributed by atoms with Crippen molar-refractivity contribution in [1.82, 2.24) is 14.9 Å². The molecule has 3 heterocycles. The van der Waals surface area contributed by atoms with Crippen LogP contribution in [-0.2, 0) is 17.7 Å². The van der Waals surface area contributed by atoms with Crippen LogP contribution in [-0.4, -0.2) is 40.5 Å². The summed E-state index contributed by atoms with van der Waals surface area (Å²) in [4.78, 5) is 23.4. The summed E-state index contributed by atoms with van der Waals surface area (Å²) >= 11 is 0. The first-order chi connectivity index (χ1) is 15.1. The van der Waals surface area contributed by atoms with E-state index in [0.29, 0.717) is 17.5 Å². The molecular weight excluding hydrogens is 390 g/mol. The molecule has 0 saturated carbocycles. The Morgan fingerprint density at radius 2 is 2.03 bits per heavy atom. The van der Waals surface area contributed by atoms with Crippen molar-refractivity contribution >= 4 is 5.97 Å². The lowest BCUT2D eigenvalue weighted by molar-refractivity contribution is 0.0600. The van der Waals surface area contributed by atoms with Gasteiger partial charge in [0.1, 0.15) is 5.76 Å². The Morgan fingerprint density at radius 3 is 2.77 bits per heavy atom. The molecule has 4 rings (SSSR count). The van der Waals surface area contributed by atoms with Gasteiger partial charge in [-0.15, -0.1) is 0 Å². The van der Waals surface area contributed by atoms with Crippen molar-refractivity contribution < 1.29 is 13.9 Å². The Morgan fingerprint density at radius 1 is 1.19 bits per heavy atom. The number of methoxy groups -OCH3 is 1. The minimum absolute atomic E-state index is 0.349. The van der Waals surface area contributed by atoms with E-state index in [-0.39, 0.29) is 5.97 Å². The van der Waals surface area contributed by atoms with Gasteiger partial charge in [0.15, 0.2) is 0 Å². The van der Waals surface area contributed by atoms with Crippen molar-refractivity contribution in [2.45, 2.75) is 51.6 Å². The molecule has 162 valence electrons. The zero-order valence-electron chi connectivity index (χ0n) is 18.2. The van der Waals surface area contributed by atoms with Gasteiger partial charge in [0.2, 0.25) is 5.89 Å². The van der Waals surface area contributed by atoms with E-state index < -0.39 is 0 Å². The zero-order chi connectivity index (χ0) is 21.6. The summed E-state index contributed by atoms with van der Waals surface area (Å²) in [5, 5.41) is 0. The highest BCUT2D eigenvalue weighted by Crippen LogP contribution is 2.27. The van der Waals surface area contributed by atoms with Crippen LogP contribution in [0, 0.1) is 6.92 Å². The molecule has 0 amide bonds. The van der Waals surface area contributed by atoms with Crippen molar-refractivity contribution in [2.24, 2.45) is 0 Å². The molecule has 0 aliphatic carbocycles. The smallest absolute Gasteiger partial charge is 0.337 e. The molecule has 1 atom stereocenters. The maximum atomic E-state index is 11.6. The average molecular weight is 420 g/mol. The van der Waals surface area contributed by atoms with Gasteiger partial charge in [-0.05, 0) is 75.5 Å². The van der Waals surface area contributed by atoms with Crippen LogP contribution in [0.25, 0.3) is 11.5 Å². The number of aryl methyl sites for hydroxylation is 2. The fraction of sp³-hybridized carbons (Fsp3) is 0.400. The standard InChI is InChI=1S/C25H29N3O3/c1-18-23(27-24(31-18)19-9-11-20(12-10-19)25(29)30-2)17-28-16-6-4-8-22(28)14-13-21-7-3-5-15-26-21/h3,5,7,9-12,15,22H,4,6,8,13-14,16-17H2,1-2H3/t22-/m1/s1. The molecule has 6 nitrogen and oxygen atoms in total. The Labute approximate surface area is 183 Å². The van der Waals surface area contributed by atoms with Gasteiger partial charge in [-0.25, -0.2) is 9.78 Å². The number of nitrogens with zero attached hydrogens (tertiary/aromatic N) is 3. The Balaban J connectivity index is 1.44. The predicted molar refractivity (Wildman–Crippen MR) is 119 cm³/mol. The van der Waals surface area contributed by atoms with Crippen LogP contribution < -0.4 is 0 Å². The maximum absolute atomic E-state index is 11.6. The number of hydrogen-bond donors (Lipinski definition) is 0. The van der Waals surface area contributed by atoms with Gasteiger partial charge in [0.05, 0.1) is 18.4 Å². The van der Waals surface area contributed by atoms with Gasteiger partial charge in [-0.3, -0.25) is 9.88 Å². The zero-order valence-corrected chi connectivity index (χ0v) is 18.2. The van der Waals surface area contributed by atoms with Crippen LogP contribution in [0.15, 0.2) is 53.1 Å². The number of piperidine rings is 1. The number of hydrogen-bond acceptors (Lipinski definition) is 6. The van der Waals surface area contributed by atoms with E-state index in [1.165, 1.54) is 26.4 Å². The molecule has 0 unspecified atom stereocenters. The van der Waals surface area contributed by atoms with E-state index in [1.807, 2.05) is 31.3 Å². The van der Waals surface area contributed by atoms with E-state index in [0.717, 1.165) is 48.6 Å². The van der Waals surface area contributed by atoms with Crippen molar-refractivity contribution in [3.63, 3.8) is 0 Å². The van der Waals surface area contributed by atoms with Crippen LogP contribution >= 0.6 is 0 Å². The lowest BCUT2D eigenvalue weighted by Gasteiger charge is -2.35. The molecule has 1 fully saturated rings. The molecule has 1 saturated heterocycles. The number of oxazole rings is 1. The van der Waals surface area contributed by atoms with Crippen LogP contribution in [0.1, 0.15) is 53.2 Å². The molecule has 0 radical (unpaired) electrons. The molecule has 0 spiro atoms. The summed E-state index contributed by atoms with van der Waals surface area (Å²) < 4.78 is 10.7. The molecule has 1 aliphatic rings. The third-order valence-corrected chi connectivity index (χ3v) is 6.01. The SMILES string of the molecule is COC(=O)c1ccc(-c2nc(CN3CCCC[C@@H]3CCc3ccccn3)c(C)o2)cc1. The van der Waals surface area contributed by atoms with Gasteiger partial charge in [-0.2, -0.15) is 0 Å². The topological polar surface area (TPSA) is 68.5 Å². The van der Waals surface area contributed by atoms with E-state index >= 15 is 0 Å². The molecular formula is C25H29N3O3. The van der Waals surface area contributed by atoms with Crippen LogP contribution in [0.3, 0.4) is 0 Å². The van der Waals surface area contributed by atoms with Gasteiger partial charge >= 0.3 is 5.97 Å². The maximum Gasteiger partial charge on any atom is 0.337 e. The normalized spacial score (nSPS) is 16.9. The highest BCUT2D eigenvalue weighted by atomic mass is 16.5. The summed E-state index contributed by atoms with van der Waals surface area (Å²) in [6.45, 7) is 3.85. The minimum Gasteiger partial charge on any atom is -0.465 e. The number of carbonyl (C=O) groups excluding carboxylic acids is 1. The summed E-state index contributed by atoms with van der Waals surface area (Å²) in [5.74, 6) is 1.09. The van der Waals surface area contributed by atoms with Crippen LogP contribution in [0.2, 0.25) is 0 Å². The summed E-state index contributed by atoms with van der Waals surface area (Å²) in [5.41, 5.74) is 3.51. The number of rotatable bonds is 7. The number of carbonyl (C=O) groups is 1. The number of esters is 1.